The van der Waals surface area contributed by atoms with E-state index < -0.39 is 5.97 Å². The Morgan fingerprint density at radius 3 is 2.72 bits per heavy atom. The van der Waals surface area contributed by atoms with Gasteiger partial charge in [0.05, 0.1) is 6.42 Å². The summed E-state index contributed by atoms with van der Waals surface area (Å²) in [5.74, 6) is -0.822. The van der Waals surface area contributed by atoms with Crippen LogP contribution in [0.5, 0.6) is 0 Å². The van der Waals surface area contributed by atoms with Crippen molar-refractivity contribution in [3.63, 3.8) is 0 Å². The summed E-state index contributed by atoms with van der Waals surface area (Å²) in [5, 5.41) is 11.6. The van der Waals surface area contributed by atoms with Crippen LogP contribution >= 0.6 is 11.6 Å². The molecule has 3 aromatic rings. The molecule has 0 atom stereocenters. The fourth-order valence-corrected chi connectivity index (χ4v) is 2.38. The van der Waals surface area contributed by atoms with Crippen LogP contribution in [0.4, 0.5) is 0 Å². The molecule has 4 heteroatoms. The van der Waals surface area contributed by atoms with E-state index in [2.05, 4.69) is 4.98 Å². The molecule has 0 unspecified atom stereocenters. The summed E-state index contributed by atoms with van der Waals surface area (Å²) in [5.41, 5.74) is 2.75. The fourth-order valence-electron chi connectivity index (χ4n) is 2.21. The minimum Gasteiger partial charge on any atom is -0.481 e. The number of hydrogen-bond acceptors (Lipinski definition) is 1. The van der Waals surface area contributed by atoms with Gasteiger partial charge in [-0.1, -0.05) is 23.7 Å². The van der Waals surface area contributed by atoms with Gasteiger partial charge in [0.25, 0.3) is 0 Å². The Hall–Kier alpha value is -2.00. The second kappa shape index (κ2) is 4.03. The first kappa shape index (κ1) is 11.1. The number of carboxylic acid groups (broad SMARTS) is 1. The normalized spacial score (nSPS) is 11.2. The Balaban J connectivity index is 2.25. The molecule has 0 amide bonds. The first-order chi connectivity index (χ1) is 8.63. The SMILES string of the molecule is O=C(O)Cc1ccc2[nH]c3cc(Cl)ccc3c2c1. The number of aromatic amines is 1. The number of carbonyl (C=O) groups is 1. The van der Waals surface area contributed by atoms with Crippen LogP contribution in [-0.2, 0) is 11.2 Å². The van der Waals surface area contributed by atoms with Crippen molar-refractivity contribution < 1.29 is 9.90 Å². The summed E-state index contributed by atoms with van der Waals surface area (Å²) in [7, 11) is 0. The van der Waals surface area contributed by atoms with E-state index in [1.807, 2.05) is 36.4 Å². The van der Waals surface area contributed by atoms with Crippen molar-refractivity contribution in [2.75, 3.05) is 0 Å². The molecule has 3 nitrogen and oxygen atoms in total. The zero-order valence-corrected chi connectivity index (χ0v) is 10.2. The summed E-state index contributed by atoms with van der Waals surface area (Å²) in [6.07, 6.45) is 0.0379. The molecule has 90 valence electrons. The minimum absolute atomic E-state index is 0.0379. The van der Waals surface area contributed by atoms with E-state index >= 15 is 0 Å². The largest absolute Gasteiger partial charge is 0.481 e. The number of aromatic nitrogens is 1. The average molecular weight is 260 g/mol. The van der Waals surface area contributed by atoms with E-state index in [0.29, 0.717) is 5.02 Å². The third-order valence-corrected chi connectivity index (χ3v) is 3.22. The Kier molecular flexibility index (Phi) is 2.49. The number of hydrogen-bond donors (Lipinski definition) is 2. The Morgan fingerprint density at radius 2 is 1.94 bits per heavy atom. The second-order valence-corrected chi connectivity index (χ2v) is 4.70. The van der Waals surface area contributed by atoms with Crippen LogP contribution in [0.2, 0.25) is 5.02 Å². The van der Waals surface area contributed by atoms with Gasteiger partial charge >= 0.3 is 5.97 Å². The molecule has 1 heterocycles. The topological polar surface area (TPSA) is 53.1 Å². The molecule has 2 aromatic carbocycles. The molecule has 0 radical (unpaired) electrons. The molecule has 0 aliphatic carbocycles. The Bertz CT molecular complexity index is 761. The number of nitrogens with one attached hydrogen (secondary N) is 1. The van der Waals surface area contributed by atoms with Crippen molar-refractivity contribution in [2.45, 2.75) is 6.42 Å². The minimum atomic E-state index is -0.822. The highest BCUT2D eigenvalue weighted by Crippen LogP contribution is 2.28. The lowest BCUT2D eigenvalue weighted by Crippen LogP contribution is -1.99. The van der Waals surface area contributed by atoms with Crippen molar-refractivity contribution in [3.05, 3.63) is 47.0 Å². The van der Waals surface area contributed by atoms with Crippen LogP contribution in [-0.4, -0.2) is 16.1 Å². The van der Waals surface area contributed by atoms with Gasteiger partial charge in [-0.3, -0.25) is 4.79 Å². The first-order valence-electron chi connectivity index (χ1n) is 5.55. The van der Waals surface area contributed by atoms with Crippen LogP contribution < -0.4 is 0 Å². The highest BCUT2D eigenvalue weighted by atomic mass is 35.5. The lowest BCUT2D eigenvalue weighted by atomic mass is 10.1. The zero-order chi connectivity index (χ0) is 12.7. The maximum Gasteiger partial charge on any atom is 0.307 e. The predicted octanol–water partition coefficient (Wildman–Crippen LogP) is 3.60. The van der Waals surface area contributed by atoms with Gasteiger partial charge in [-0.2, -0.15) is 0 Å². The van der Waals surface area contributed by atoms with Crippen LogP contribution in [0.25, 0.3) is 21.8 Å². The smallest absolute Gasteiger partial charge is 0.307 e. The van der Waals surface area contributed by atoms with Crippen molar-refractivity contribution in [1.29, 1.82) is 0 Å². The van der Waals surface area contributed by atoms with E-state index in [0.717, 1.165) is 27.4 Å². The molecule has 0 saturated heterocycles. The maximum absolute atomic E-state index is 10.7. The third kappa shape index (κ3) is 1.83. The maximum atomic E-state index is 10.7. The van der Waals surface area contributed by atoms with Gasteiger partial charge in [-0.05, 0) is 29.8 Å². The monoisotopic (exact) mass is 259 g/mol. The van der Waals surface area contributed by atoms with Gasteiger partial charge in [0, 0.05) is 26.8 Å². The summed E-state index contributed by atoms with van der Waals surface area (Å²) in [6, 6.07) is 11.3. The van der Waals surface area contributed by atoms with Gasteiger partial charge in [0.2, 0.25) is 0 Å². The van der Waals surface area contributed by atoms with Crippen molar-refractivity contribution >= 4 is 39.4 Å². The van der Waals surface area contributed by atoms with E-state index in [9.17, 15) is 4.79 Å². The van der Waals surface area contributed by atoms with Crippen LogP contribution in [0.15, 0.2) is 36.4 Å². The molecule has 1 aromatic heterocycles. The molecule has 18 heavy (non-hydrogen) atoms. The predicted molar refractivity (Wildman–Crippen MR) is 72.2 cm³/mol. The van der Waals surface area contributed by atoms with Gasteiger partial charge in [-0.15, -0.1) is 0 Å². The molecule has 0 aliphatic heterocycles. The molecular weight excluding hydrogens is 250 g/mol. The fraction of sp³-hybridized carbons (Fsp3) is 0.0714. The molecule has 0 aliphatic rings. The molecule has 2 N–H and O–H groups in total. The Labute approximate surface area is 108 Å². The molecule has 0 bridgehead atoms. The number of H-pyrrole nitrogens is 1. The van der Waals surface area contributed by atoms with E-state index in [1.54, 1.807) is 0 Å². The van der Waals surface area contributed by atoms with Crippen LogP contribution in [0, 0.1) is 0 Å². The van der Waals surface area contributed by atoms with Gasteiger partial charge in [-0.25, -0.2) is 0 Å². The number of aliphatic carboxylic acids is 1. The number of carboxylic acids is 1. The standard InChI is InChI=1S/C14H10ClNO2/c15-9-2-3-10-11-5-8(6-14(17)18)1-4-12(11)16-13(10)7-9/h1-5,7,16H,6H2,(H,17,18). The molecule has 0 saturated carbocycles. The zero-order valence-electron chi connectivity index (χ0n) is 9.40. The van der Waals surface area contributed by atoms with Gasteiger partial charge in [0.1, 0.15) is 0 Å². The number of benzene rings is 2. The first-order valence-corrected chi connectivity index (χ1v) is 5.93. The molecule has 0 spiro atoms. The quantitative estimate of drug-likeness (QED) is 0.739. The number of fused-ring (bicyclic) bond motifs is 3. The summed E-state index contributed by atoms with van der Waals surface area (Å²) in [6.45, 7) is 0. The second-order valence-electron chi connectivity index (χ2n) is 4.27. The molecule has 0 fully saturated rings. The van der Waals surface area contributed by atoms with Gasteiger partial charge in [0.15, 0.2) is 0 Å². The third-order valence-electron chi connectivity index (χ3n) is 2.98. The van der Waals surface area contributed by atoms with Crippen molar-refractivity contribution in [1.82, 2.24) is 4.98 Å². The summed E-state index contributed by atoms with van der Waals surface area (Å²) >= 11 is 5.95. The summed E-state index contributed by atoms with van der Waals surface area (Å²) < 4.78 is 0. The number of halogens is 1. The van der Waals surface area contributed by atoms with Crippen molar-refractivity contribution in [2.24, 2.45) is 0 Å². The highest BCUT2D eigenvalue weighted by molar-refractivity contribution is 6.31. The molecule has 3 rings (SSSR count). The van der Waals surface area contributed by atoms with Crippen molar-refractivity contribution in [3.8, 4) is 0 Å². The average Bonchev–Trinajstić information content (AvgIpc) is 2.65. The Morgan fingerprint density at radius 1 is 1.11 bits per heavy atom. The van der Waals surface area contributed by atoms with E-state index in [4.69, 9.17) is 16.7 Å². The van der Waals surface area contributed by atoms with Crippen LogP contribution in [0.1, 0.15) is 5.56 Å². The van der Waals surface area contributed by atoms with E-state index in [1.165, 1.54) is 0 Å². The number of rotatable bonds is 2. The highest BCUT2D eigenvalue weighted by Gasteiger charge is 2.07. The molecular formula is C14H10ClNO2. The lowest BCUT2D eigenvalue weighted by Gasteiger charge is -1.97. The van der Waals surface area contributed by atoms with E-state index in [-0.39, 0.29) is 6.42 Å². The lowest BCUT2D eigenvalue weighted by molar-refractivity contribution is -0.136. The van der Waals surface area contributed by atoms with Gasteiger partial charge < -0.3 is 10.1 Å². The van der Waals surface area contributed by atoms with Crippen LogP contribution in [0.3, 0.4) is 0 Å². The summed E-state index contributed by atoms with van der Waals surface area (Å²) in [4.78, 5) is 14.0.